The van der Waals surface area contributed by atoms with Crippen LogP contribution in [0.1, 0.15) is 113 Å². The summed E-state index contributed by atoms with van der Waals surface area (Å²) in [6.45, 7) is 16.6. The number of Topliss-reactive ketones (excluding diaryl/α,β-unsaturated/α-hetero) is 1. The van der Waals surface area contributed by atoms with Crippen LogP contribution in [0.4, 0.5) is 0 Å². The highest BCUT2D eigenvalue weighted by Crippen LogP contribution is 2.75. The minimum absolute atomic E-state index is 0.00255. The Morgan fingerprint density at radius 2 is 1.26 bits per heavy atom. The lowest BCUT2D eigenvalue weighted by molar-refractivity contribution is -0.403. The summed E-state index contributed by atoms with van der Waals surface area (Å²) in [6, 6.07) is 0. The van der Waals surface area contributed by atoms with Gasteiger partial charge in [-0.1, -0.05) is 44.9 Å². The van der Waals surface area contributed by atoms with Gasteiger partial charge in [-0.05, 0) is 94.8 Å². The number of esters is 2. The van der Waals surface area contributed by atoms with Crippen molar-refractivity contribution in [1.29, 1.82) is 0 Å². The number of hydrogen-bond acceptors (Lipinski definition) is 27. The van der Waals surface area contributed by atoms with Crippen molar-refractivity contribution in [3.8, 4) is 0 Å². The largest absolute Gasteiger partial charge is 0.463 e. The molecule has 0 radical (unpaired) electrons. The van der Waals surface area contributed by atoms with Crippen molar-refractivity contribution in [3.05, 3.63) is 23.8 Å². The molecule has 6 heterocycles. The number of aliphatic hydroxyl groups excluding tert-OH is 12. The molecule has 3 saturated carbocycles. The van der Waals surface area contributed by atoms with Gasteiger partial charge in [-0.3, -0.25) is 14.4 Å². The van der Waals surface area contributed by atoms with E-state index in [4.69, 9.17) is 56.8 Å². The highest BCUT2D eigenvalue weighted by Gasteiger charge is 2.79. The maximum absolute atomic E-state index is 14.4. The molecule has 1 spiro atoms. The summed E-state index contributed by atoms with van der Waals surface area (Å²) in [4.78, 5) is 40.4. The third-order valence-electron chi connectivity index (χ3n) is 21.6. The molecule has 0 aromatic heterocycles. The van der Waals surface area contributed by atoms with Crippen LogP contribution in [0.15, 0.2) is 23.8 Å². The van der Waals surface area contributed by atoms with Gasteiger partial charge in [-0.25, -0.2) is 0 Å². The van der Waals surface area contributed by atoms with Crippen molar-refractivity contribution >= 4 is 17.7 Å². The van der Waals surface area contributed by atoms with Gasteiger partial charge < -0.3 is 118 Å². The highest BCUT2D eigenvalue weighted by molar-refractivity contribution is 5.99. The number of cyclic esters (lactones) is 1. The van der Waals surface area contributed by atoms with Crippen LogP contribution in [-0.2, 0) is 71.2 Å². The second-order valence-electron chi connectivity index (χ2n) is 27.6. The van der Waals surface area contributed by atoms with Gasteiger partial charge in [0.15, 0.2) is 31.5 Å². The Morgan fingerprint density at radius 1 is 0.655 bits per heavy atom. The fourth-order valence-electron chi connectivity index (χ4n) is 16.9. The van der Waals surface area contributed by atoms with Gasteiger partial charge in [0.2, 0.25) is 0 Å². The molecule has 27 nitrogen and oxygen atoms in total. The molecule has 0 unspecified atom stereocenters. The average Bonchev–Trinajstić information content (AvgIpc) is 1.54. The number of aliphatic hydroxyl groups is 12. The normalized spacial score (nSPS) is 51.3. The van der Waals surface area contributed by atoms with E-state index >= 15 is 0 Å². The van der Waals surface area contributed by atoms with Gasteiger partial charge in [-0.15, -0.1) is 6.58 Å². The molecule has 31 atom stereocenters. The molecule has 494 valence electrons. The highest BCUT2D eigenvalue weighted by atomic mass is 16.8. The summed E-state index contributed by atoms with van der Waals surface area (Å²) in [7, 11) is 0. The summed E-state index contributed by atoms with van der Waals surface area (Å²) < 4.78 is 72.3. The zero-order valence-corrected chi connectivity index (χ0v) is 50.6. The van der Waals surface area contributed by atoms with E-state index in [9.17, 15) is 75.7 Å². The Balaban J connectivity index is 0.873. The van der Waals surface area contributed by atoms with Crippen LogP contribution < -0.4 is 0 Å². The second-order valence-corrected chi connectivity index (χ2v) is 27.6. The van der Waals surface area contributed by atoms with E-state index in [1.54, 1.807) is 0 Å². The lowest BCUT2D eigenvalue weighted by Crippen LogP contribution is -2.68. The third kappa shape index (κ3) is 11.6. The Morgan fingerprint density at radius 3 is 1.94 bits per heavy atom. The number of carbonyl (C=O) groups excluding carboxylic acids is 3. The zero-order chi connectivity index (χ0) is 63.4. The topological polar surface area (TPSA) is 405 Å². The summed E-state index contributed by atoms with van der Waals surface area (Å²) in [6.07, 6.45) is -33.3. The van der Waals surface area contributed by atoms with E-state index in [0.29, 0.717) is 38.5 Å². The standard InChI is InChI=1S/C60H92O27/c1-24(2)11-10-16-59(9)49-29(63)19-58(8)28-12-13-34-56(5,6)35(15-17-57(34,7)27(28)14-18-60(49,58)55(75)87-59)82-53-47(37(67)31(65)22-78-53)86-54-48(85-50-41(71)36(66)30(64)21-77-50)43(73)45(25(3)79-54)83-52-44(74)46(39(69)32(20-61)80-52)84-51-42(72)40(70)38(68)33(81-51)23-76-26(4)62/h12,25,27,30-54,61,64-74H,1,10-11,13-23H2,2-9H3/t25-,27-,30-,31-,32-,33-,34+,35+,36+,37+,38-,39-,40+,41-,42-,43+,44-,45-,46+,47-,48-,49-,50+,51+,52+,53+,54+,57-,58+,59+,60-/m1/s1. The molecule has 10 rings (SSSR count). The molecule has 6 aliphatic heterocycles. The van der Waals surface area contributed by atoms with Gasteiger partial charge in [0, 0.05) is 18.8 Å². The Labute approximate surface area is 504 Å². The van der Waals surface area contributed by atoms with Crippen molar-refractivity contribution in [2.45, 2.75) is 266 Å². The first-order valence-electron chi connectivity index (χ1n) is 30.7. The van der Waals surface area contributed by atoms with E-state index in [1.807, 2.05) is 13.8 Å². The molecule has 0 aromatic carbocycles. The van der Waals surface area contributed by atoms with Crippen LogP contribution in [-0.4, -0.2) is 258 Å². The molecule has 10 aliphatic rings. The Hall–Kier alpha value is -2.79. The van der Waals surface area contributed by atoms with Crippen molar-refractivity contribution in [3.63, 3.8) is 0 Å². The molecule has 0 aromatic rings. The number of fused-ring (bicyclic) bond motifs is 4. The van der Waals surface area contributed by atoms with Crippen LogP contribution in [0.25, 0.3) is 0 Å². The van der Waals surface area contributed by atoms with Crippen LogP contribution in [0.5, 0.6) is 0 Å². The van der Waals surface area contributed by atoms with E-state index in [1.165, 1.54) is 6.92 Å². The Kier molecular flexibility index (Phi) is 19.5. The van der Waals surface area contributed by atoms with Gasteiger partial charge >= 0.3 is 11.9 Å². The Bertz CT molecular complexity index is 2540. The number of carbonyl (C=O) groups is 3. The fraction of sp³-hybridized carbons (Fsp3) is 0.883. The van der Waals surface area contributed by atoms with E-state index < -0.39 is 201 Å². The summed E-state index contributed by atoms with van der Waals surface area (Å²) >= 11 is 0. The monoisotopic (exact) mass is 1240 g/mol. The smallest absolute Gasteiger partial charge is 0.314 e. The second kappa shape index (κ2) is 25.3. The van der Waals surface area contributed by atoms with Crippen LogP contribution >= 0.6 is 0 Å². The molecule has 0 bridgehead atoms. The first-order chi connectivity index (χ1) is 40.8. The van der Waals surface area contributed by atoms with Crippen molar-refractivity contribution in [2.24, 2.45) is 39.4 Å². The summed E-state index contributed by atoms with van der Waals surface area (Å²) in [5.41, 5.74) is -1.37. The molecular weight excluding hydrogens is 1150 g/mol. The molecule has 12 N–H and O–H groups in total. The first kappa shape index (κ1) is 67.1. The van der Waals surface area contributed by atoms with Gasteiger partial charge in [-0.2, -0.15) is 0 Å². The van der Waals surface area contributed by atoms with Crippen LogP contribution in [0.3, 0.4) is 0 Å². The number of hydrogen-bond donors (Lipinski definition) is 12. The molecule has 0 amide bonds. The molecule has 6 saturated heterocycles. The maximum Gasteiger partial charge on any atom is 0.314 e. The van der Waals surface area contributed by atoms with Crippen molar-refractivity contribution < 1.29 is 133 Å². The predicted molar refractivity (Wildman–Crippen MR) is 292 cm³/mol. The third-order valence-corrected chi connectivity index (χ3v) is 21.6. The molecule has 87 heavy (non-hydrogen) atoms. The number of rotatable bonds is 17. The molecule has 9 fully saturated rings. The first-order valence-corrected chi connectivity index (χ1v) is 30.7. The molecule has 27 heteroatoms. The predicted octanol–water partition coefficient (Wildman–Crippen LogP) is -1.83. The fourth-order valence-corrected chi connectivity index (χ4v) is 16.9. The summed E-state index contributed by atoms with van der Waals surface area (Å²) in [5.74, 6) is -1.50. The molecular formula is C60H92O27. The summed E-state index contributed by atoms with van der Waals surface area (Å²) in [5, 5.41) is 133. The molecule has 4 aliphatic carbocycles. The number of ether oxygens (including phenoxy) is 12. The van der Waals surface area contributed by atoms with Gasteiger partial charge in [0.1, 0.15) is 122 Å². The minimum atomic E-state index is -2.07. The van der Waals surface area contributed by atoms with Crippen LogP contribution in [0.2, 0.25) is 0 Å². The quantitative estimate of drug-likeness (QED) is 0.0563. The van der Waals surface area contributed by atoms with Gasteiger partial charge in [0.25, 0.3) is 0 Å². The average molecular weight is 1250 g/mol. The maximum atomic E-state index is 14.4. The number of allylic oxidation sites excluding steroid dienone is 3. The van der Waals surface area contributed by atoms with E-state index in [2.05, 4.69) is 40.3 Å². The van der Waals surface area contributed by atoms with Crippen molar-refractivity contribution in [1.82, 2.24) is 0 Å². The minimum Gasteiger partial charge on any atom is -0.463 e. The number of ketones is 1. The SMILES string of the molecule is C=C(C)CCC[C@]1(C)OC(=O)[C@]23CC[C@@H]4C(=CC[C@H]5C(C)(C)[C@@H](O[C@@H]6OC[C@@H](O)[C@H](O)[C@H]6O[C@@H]6O[C@H](C)[C@@H](O[C@@H]7O[C@H](CO)[C@@H](O)[C@H](O[C@@H]8O[C@H](COC(C)=O)[C@@H](O)[C@H](O)[C@H]8O)[C@H]7O)[C@H](O)[C@H]6O[C@@H]6OC[C@@H](O)[C@H](O)[C@H]6O)CC[C@]45C)[C@]2(C)CC(=O)[C@@H]31. The van der Waals surface area contributed by atoms with Crippen molar-refractivity contribution in [2.75, 3.05) is 26.4 Å². The zero-order valence-electron chi connectivity index (χ0n) is 50.6. The van der Waals surface area contributed by atoms with E-state index in [0.717, 1.165) is 30.9 Å². The van der Waals surface area contributed by atoms with Gasteiger partial charge in [0.05, 0.1) is 43.4 Å². The lowest BCUT2D eigenvalue weighted by atomic mass is 9.41. The van der Waals surface area contributed by atoms with Crippen LogP contribution in [0, 0.1) is 39.4 Å². The van der Waals surface area contributed by atoms with E-state index in [-0.39, 0.29) is 42.0 Å². The lowest BCUT2D eigenvalue weighted by Gasteiger charge is -2.63.